The molecule has 2 rings (SSSR count). The summed E-state index contributed by atoms with van der Waals surface area (Å²) in [6, 6.07) is 2.13. The minimum Gasteiger partial charge on any atom is -0.323 e. The van der Waals surface area contributed by atoms with E-state index in [0.717, 1.165) is 17.4 Å². The lowest BCUT2D eigenvalue weighted by atomic mass is 10.2. The van der Waals surface area contributed by atoms with Gasteiger partial charge in [0.25, 0.3) is 5.69 Å². The second kappa shape index (κ2) is 3.83. The summed E-state index contributed by atoms with van der Waals surface area (Å²) in [5.41, 5.74) is -0.543. The van der Waals surface area contributed by atoms with Crippen molar-refractivity contribution in [3.8, 4) is 0 Å². The molecule has 17 heavy (non-hydrogen) atoms. The third kappa shape index (κ3) is 1.80. The fraction of sp³-hybridized carbons (Fsp3) is 0. The Balaban J connectivity index is 2.88. The average molecular weight is 255 g/mol. The SMILES string of the molecule is NN=c1[nH]c2c([N+](=O)[O-])cc([N+](=O)[O-])cc2s1. The van der Waals surface area contributed by atoms with Crippen LogP contribution in [0.3, 0.4) is 0 Å². The highest BCUT2D eigenvalue weighted by atomic mass is 32.1. The molecule has 0 amide bonds. The van der Waals surface area contributed by atoms with E-state index in [4.69, 9.17) is 5.84 Å². The molecule has 0 aliphatic heterocycles. The van der Waals surface area contributed by atoms with Crippen LogP contribution in [0.2, 0.25) is 0 Å². The van der Waals surface area contributed by atoms with Gasteiger partial charge in [0.2, 0.25) is 4.80 Å². The molecule has 0 aliphatic rings. The largest absolute Gasteiger partial charge is 0.323 e. The fourth-order valence-corrected chi connectivity index (χ4v) is 2.19. The molecule has 1 aromatic carbocycles. The maximum absolute atomic E-state index is 10.8. The molecule has 0 unspecified atom stereocenters. The summed E-state index contributed by atoms with van der Waals surface area (Å²) in [5.74, 6) is 5.04. The van der Waals surface area contributed by atoms with Crippen molar-refractivity contribution in [1.82, 2.24) is 4.98 Å². The van der Waals surface area contributed by atoms with Crippen LogP contribution < -0.4 is 10.6 Å². The Morgan fingerprint density at radius 2 is 2.00 bits per heavy atom. The Labute approximate surface area is 96.5 Å². The van der Waals surface area contributed by atoms with Crippen LogP contribution in [0.15, 0.2) is 17.2 Å². The van der Waals surface area contributed by atoms with E-state index < -0.39 is 9.85 Å². The van der Waals surface area contributed by atoms with Gasteiger partial charge in [-0.15, -0.1) is 0 Å². The molecule has 9 nitrogen and oxygen atoms in total. The van der Waals surface area contributed by atoms with E-state index in [0.29, 0.717) is 4.70 Å². The van der Waals surface area contributed by atoms with Crippen LogP contribution in [0, 0.1) is 20.2 Å². The molecular formula is C7H5N5O4S. The molecule has 0 saturated heterocycles. The molecule has 0 fully saturated rings. The number of hydrogen-bond acceptors (Lipinski definition) is 7. The standard InChI is InChI=1S/C7H5N5O4S/c8-10-7-9-6-4(12(15)16)1-3(11(13)14)2-5(6)17-7/h1-2H,8H2,(H,9,10). The summed E-state index contributed by atoms with van der Waals surface area (Å²) in [4.78, 5) is 22.9. The Morgan fingerprint density at radius 3 is 2.53 bits per heavy atom. The van der Waals surface area contributed by atoms with Crippen molar-refractivity contribution in [2.75, 3.05) is 0 Å². The zero-order valence-corrected chi connectivity index (χ0v) is 8.93. The van der Waals surface area contributed by atoms with Crippen LogP contribution >= 0.6 is 11.3 Å². The van der Waals surface area contributed by atoms with Gasteiger partial charge in [-0.05, 0) is 0 Å². The van der Waals surface area contributed by atoms with Gasteiger partial charge in [-0.1, -0.05) is 11.3 Å². The number of H-pyrrole nitrogens is 1. The summed E-state index contributed by atoms with van der Waals surface area (Å²) in [6.07, 6.45) is 0. The molecular weight excluding hydrogens is 250 g/mol. The highest BCUT2D eigenvalue weighted by molar-refractivity contribution is 7.16. The first kappa shape index (κ1) is 11.0. The Hall–Kier alpha value is -2.49. The second-order valence-corrected chi connectivity index (χ2v) is 4.04. The molecule has 2 aromatic rings. The number of nitrogens with two attached hydrogens (primary N) is 1. The Bertz CT molecular complexity index is 687. The maximum Gasteiger partial charge on any atom is 0.301 e. The topological polar surface area (TPSA) is 140 Å². The van der Waals surface area contributed by atoms with Crippen molar-refractivity contribution in [1.29, 1.82) is 0 Å². The summed E-state index contributed by atoms with van der Waals surface area (Å²) in [5, 5.41) is 24.8. The summed E-state index contributed by atoms with van der Waals surface area (Å²) in [7, 11) is 0. The number of rotatable bonds is 2. The van der Waals surface area contributed by atoms with Gasteiger partial charge in [0.05, 0.1) is 20.6 Å². The van der Waals surface area contributed by atoms with Crippen LogP contribution in [-0.4, -0.2) is 14.8 Å². The molecule has 0 bridgehead atoms. The van der Waals surface area contributed by atoms with Crippen molar-refractivity contribution in [2.24, 2.45) is 10.9 Å². The van der Waals surface area contributed by atoms with Crippen LogP contribution in [0.1, 0.15) is 0 Å². The number of non-ortho nitro benzene ring substituents is 2. The third-order valence-electron chi connectivity index (χ3n) is 2.03. The van der Waals surface area contributed by atoms with E-state index in [-0.39, 0.29) is 21.7 Å². The minimum atomic E-state index is -0.696. The highest BCUT2D eigenvalue weighted by Gasteiger charge is 2.21. The smallest absolute Gasteiger partial charge is 0.301 e. The number of fused-ring (bicyclic) bond motifs is 1. The van der Waals surface area contributed by atoms with Gasteiger partial charge < -0.3 is 10.8 Å². The molecule has 88 valence electrons. The molecule has 3 N–H and O–H groups in total. The van der Waals surface area contributed by atoms with E-state index in [1.165, 1.54) is 6.07 Å². The zero-order chi connectivity index (χ0) is 12.6. The van der Waals surface area contributed by atoms with Gasteiger partial charge in [-0.3, -0.25) is 20.2 Å². The van der Waals surface area contributed by atoms with Crippen LogP contribution in [0.25, 0.3) is 10.2 Å². The van der Waals surface area contributed by atoms with Crippen molar-refractivity contribution in [3.05, 3.63) is 37.2 Å². The van der Waals surface area contributed by atoms with Crippen LogP contribution in [0.4, 0.5) is 11.4 Å². The van der Waals surface area contributed by atoms with Gasteiger partial charge in [-0.2, -0.15) is 5.10 Å². The molecule has 0 aliphatic carbocycles. The third-order valence-corrected chi connectivity index (χ3v) is 2.97. The first-order valence-corrected chi connectivity index (χ1v) is 5.04. The first-order valence-electron chi connectivity index (χ1n) is 4.22. The lowest BCUT2D eigenvalue weighted by Crippen LogP contribution is -2.01. The highest BCUT2D eigenvalue weighted by Crippen LogP contribution is 2.30. The predicted octanol–water partition coefficient (Wildman–Crippen LogP) is 0.820. The van der Waals surface area contributed by atoms with Gasteiger partial charge in [0, 0.05) is 6.07 Å². The first-order chi connectivity index (χ1) is 8.02. The number of nitro benzene ring substituents is 2. The molecule has 0 spiro atoms. The number of aromatic nitrogens is 1. The van der Waals surface area contributed by atoms with Crippen molar-refractivity contribution in [2.45, 2.75) is 0 Å². The second-order valence-electron chi connectivity index (χ2n) is 3.01. The number of hydrogen-bond donors (Lipinski definition) is 2. The van der Waals surface area contributed by atoms with Gasteiger partial charge in [-0.25, -0.2) is 0 Å². The van der Waals surface area contributed by atoms with Crippen molar-refractivity contribution in [3.63, 3.8) is 0 Å². The van der Waals surface area contributed by atoms with Crippen molar-refractivity contribution >= 4 is 32.9 Å². The number of nitro groups is 2. The van der Waals surface area contributed by atoms with E-state index in [9.17, 15) is 20.2 Å². The van der Waals surface area contributed by atoms with E-state index in [1.54, 1.807) is 0 Å². The van der Waals surface area contributed by atoms with E-state index >= 15 is 0 Å². The molecule has 0 saturated carbocycles. The molecule has 10 heteroatoms. The number of aromatic amines is 1. The van der Waals surface area contributed by atoms with Gasteiger partial charge in [0.1, 0.15) is 5.52 Å². The fourth-order valence-electron chi connectivity index (χ4n) is 1.34. The molecule has 1 aromatic heterocycles. The monoisotopic (exact) mass is 255 g/mol. The quantitative estimate of drug-likeness (QED) is 0.464. The number of nitrogens with zero attached hydrogens (tertiary/aromatic N) is 3. The maximum atomic E-state index is 10.8. The normalized spacial score (nSPS) is 11.9. The minimum absolute atomic E-state index is 0.176. The van der Waals surface area contributed by atoms with E-state index in [2.05, 4.69) is 10.1 Å². The van der Waals surface area contributed by atoms with Crippen LogP contribution in [-0.2, 0) is 0 Å². The molecule has 1 heterocycles. The summed E-state index contributed by atoms with van der Waals surface area (Å²) in [6.45, 7) is 0. The van der Waals surface area contributed by atoms with Gasteiger partial charge in [0.15, 0.2) is 0 Å². The average Bonchev–Trinajstić information content (AvgIpc) is 2.69. The Morgan fingerprint density at radius 1 is 1.29 bits per heavy atom. The van der Waals surface area contributed by atoms with Gasteiger partial charge >= 0.3 is 5.69 Å². The molecule has 0 atom stereocenters. The number of nitrogens with one attached hydrogen (secondary N) is 1. The van der Waals surface area contributed by atoms with Crippen LogP contribution in [0.5, 0.6) is 0 Å². The number of benzene rings is 1. The summed E-state index contributed by atoms with van der Waals surface area (Å²) < 4.78 is 0.357. The van der Waals surface area contributed by atoms with E-state index in [1.807, 2.05) is 0 Å². The number of thiazole rings is 1. The van der Waals surface area contributed by atoms with Crippen molar-refractivity contribution < 1.29 is 9.85 Å². The predicted molar refractivity (Wildman–Crippen MR) is 59.2 cm³/mol. The lowest BCUT2D eigenvalue weighted by molar-refractivity contribution is -0.393. The summed E-state index contributed by atoms with van der Waals surface area (Å²) >= 11 is 1.00. The lowest BCUT2D eigenvalue weighted by Gasteiger charge is -1.94. The Kier molecular flexibility index (Phi) is 2.48. The molecule has 0 radical (unpaired) electrons. The zero-order valence-electron chi connectivity index (χ0n) is 8.11.